The van der Waals surface area contributed by atoms with Gasteiger partial charge in [-0.05, 0) is 52.0 Å². The SMILES string of the molecule is CCC(C)n1nc(C(=O)N2CC3CCC2CN3C(=O)CCCCOC)cc1C. The maximum atomic E-state index is 13.1. The third-order valence-electron chi connectivity index (χ3n) is 6.25. The van der Waals surface area contributed by atoms with Crippen molar-refractivity contribution in [1.29, 1.82) is 0 Å². The molecule has 1 aromatic rings. The Labute approximate surface area is 168 Å². The van der Waals surface area contributed by atoms with Crippen molar-refractivity contribution in [3.05, 3.63) is 17.5 Å². The molecule has 7 nitrogen and oxygen atoms in total. The molecule has 0 N–H and O–H groups in total. The fraction of sp³-hybridized carbons (Fsp3) is 0.762. The summed E-state index contributed by atoms with van der Waals surface area (Å²) in [4.78, 5) is 29.7. The molecular weight excluding hydrogens is 356 g/mol. The highest BCUT2D eigenvalue weighted by atomic mass is 16.5. The minimum absolute atomic E-state index is 0.00652. The highest BCUT2D eigenvalue weighted by Gasteiger charge is 2.43. The number of aryl methyl sites for hydroxylation is 1. The Hall–Kier alpha value is -1.89. The Kier molecular flexibility index (Phi) is 6.75. The van der Waals surface area contributed by atoms with Gasteiger partial charge in [-0.2, -0.15) is 5.10 Å². The number of piperidine rings is 2. The van der Waals surface area contributed by atoms with Crippen LogP contribution < -0.4 is 0 Å². The average molecular weight is 391 g/mol. The minimum atomic E-state index is 0.00652. The molecule has 28 heavy (non-hydrogen) atoms. The Bertz CT molecular complexity index is 702. The second-order valence-electron chi connectivity index (χ2n) is 8.21. The molecular formula is C21H34N4O3. The van der Waals surface area contributed by atoms with Crippen LogP contribution in [0.3, 0.4) is 0 Å². The summed E-state index contributed by atoms with van der Waals surface area (Å²) in [6.45, 7) is 8.23. The molecule has 156 valence electrons. The predicted molar refractivity (Wildman–Crippen MR) is 107 cm³/mol. The van der Waals surface area contributed by atoms with Crippen molar-refractivity contribution in [3.8, 4) is 0 Å². The number of hydrogen-bond acceptors (Lipinski definition) is 4. The first-order chi connectivity index (χ1) is 13.5. The summed E-state index contributed by atoms with van der Waals surface area (Å²) in [6, 6.07) is 2.43. The molecule has 4 rings (SSSR count). The molecule has 4 heterocycles. The lowest BCUT2D eigenvalue weighted by atomic mass is 9.90. The maximum Gasteiger partial charge on any atom is 0.274 e. The van der Waals surface area contributed by atoms with Gasteiger partial charge in [0.2, 0.25) is 5.91 Å². The summed E-state index contributed by atoms with van der Waals surface area (Å²) in [6.07, 6.45) is 5.26. The number of fused-ring (bicyclic) bond motifs is 3. The van der Waals surface area contributed by atoms with E-state index in [0.29, 0.717) is 31.8 Å². The van der Waals surface area contributed by atoms with E-state index < -0.39 is 0 Å². The molecule has 1 aromatic heterocycles. The minimum Gasteiger partial charge on any atom is -0.385 e. The molecule has 0 spiro atoms. The molecule has 0 aromatic carbocycles. The van der Waals surface area contributed by atoms with Crippen LogP contribution in [-0.4, -0.2) is 70.3 Å². The standard InChI is InChI=1S/C21H34N4O3/c1-5-15(2)25-16(3)12-19(22-25)21(27)24-14-17-9-10-18(24)13-23(17)20(26)8-6-7-11-28-4/h12,15,17-18H,5-11,13-14H2,1-4H3. The molecule has 3 fully saturated rings. The van der Waals surface area contributed by atoms with E-state index in [2.05, 4.69) is 18.9 Å². The number of amides is 2. The third kappa shape index (κ3) is 4.24. The van der Waals surface area contributed by atoms with Crippen LogP contribution in [0.5, 0.6) is 0 Å². The van der Waals surface area contributed by atoms with Gasteiger partial charge >= 0.3 is 0 Å². The number of ether oxygens (including phenoxy) is 1. The fourth-order valence-corrected chi connectivity index (χ4v) is 4.41. The van der Waals surface area contributed by atoms with Crippen molar-refractivity contribution in [2.45, 2.75) is 77.4 Å². The zero-order valence-electron chi connectivity index (χ0n) is 17.7. The number of unbranched alkanes of at least 4 members (excludes halogenated alkanes) is 1. The van der Waals surface area contributed by atoms with E-state index >= 15 is 0 Å². The molecule has 0 saturated carbocycles. The van der Waals surface area contributed by atoms with Crippen LogP contribution in [0.15, 0.2) is 6.07 Å². The average Bonchev–Trinajstić information content (AvgIpc) is 3.11. The summed E-state index contributed by atoms with van der Waals surface area (Å²) in [7, 11) is 1.68. The van der Waals surface area contributed by atoms with E-state index in [9.17, 15) is 9.59 Å². The van der Waals surface area contributed by atoms with E-state index in [1.54, 1.807) is 7.11 Å². The quantitative estimate of drug-likeness (QED) is 0.640. The first kappa shape index (κ1) is 20.8. The fourth-order valence-electron chi connectivity index (χ4n) is 4.41. The van der Waals surface area contributed by atoms with Crippen LogP contribution in [0, 0.1) is 6.92 Å². The van der Waals surface area contributed by atoms with Crippen molar-refractivity contribution in [3.63, 3.8) is 0 Å². The predicted octanol–water partition coefficient (Wildman–Crippen LogP) is 2.79. The summed E-state index contributed by atoms with van der Waals surface area (Å²) in [5.41, 5.74) is 1.55. The van der Waals surface area contributed by atoms with E-state index in [1.165, 1.54) is 0 Å². The highest BCUT2D eigenvalue weighted by Crippen LogP contribution is 2.31. The van der Waals surface area contributed by atoms with Crippen LogP contribution in [0.25, 0.3) is 0 Å². The van der Waals surface area contributed by atoms with Gasteiger partial charge in [0.1, 0.15) is 0 Å². The molecule has 3 unspecified atom stereocenters. The topological polar surface area (TPSA) is 67.7 Å². The number of carbonyl (C=O) groups is 2. The molecule has 2 amide bonds. The number of methoxy groups -OCH3 is 1. The first-order valence-electron chi connectivity index (χ1n) is 10.6. The Morgan fingerprint density at radius 1 is 1.21 bits per heavy atom. The molecule has 3 aliphatic heterocycles. The third-order valence-corrected chi connectivity index (χ3v) is 6.25. The normalized spacial score (nSPS) is 22.6. The molecule has 0 radical (unpaired) electrons. The van der Waals surface area contributed by atoms with E-state index in [0.717, 1.165) is 37.8 Å². The number of piperazine rings is 1. The van der Waals surface area contributed by atoms with Gasteiger partial charge in [-0.25, -0.2) is 0 Å². The van der Waals surface area contributed by atoms with Crippen LogP contribution in [0.2, 0.25) is 0 Å². The number of nitrogens with zero attached hydrogens (tertiary/aromatic N) is 4. The van der Waals surface area contributed by atoms with E-state index in [4.69, 9.17) is 4.74 Å². The van der Waals surface area contributed by atoms with Crippen molar-refractivity contribution in [1.82, 2.24) is 19.6 Å². The van der Waals surface area contributed by atoms with Crippen LogP contribution in [0.1, 0.15) is 74.6 Å². The molecule has 3 atom stereocenters. The lowest BCUT2D eigenvalue weighted by Gasteiger charge is -2.51. The Morgan fingerprint density at radius 3 is 2.50 bits per heavy atom. The van der Waals surface area contributed by atoms with Crippen molar-refractivity contribution in [2.24, 2.45) is 0 Å². The van der Waals surface area contributed by atoms with Gasteiger partial charge in [0.25, 0.3) is 5.91 Å². The molecule has 0 aliphatic carbocycles. The van der Waals surface area contributed by atoms with Gasteiger partial charge in [0.05, 0.1) is 0 Å². The summed E-state index contributed by atoms with van der Waals surface area (Å²) in [5, 5.41) is 4.58. The number of aromatic nitrogens is 2. The van der Waals surface area contributed by atoms with Crippen molar-refractivity contribution in [2.75, 3.05) is 26.8 Å². The smallest absolute Gasteiger partial charge is 0.274 e. The summed E-state index contributed by atoms with van der Waals surface area (Å²) < 4.78 is 7.01. The monoisotopic (exact) mass is 390 g/mol. The highest BCUT2D eigenvalue weighted by molar-refractivity contribution is 5.93. The van der Waals surface area contributed by atoms with Crippen LogP contribution in [0.4, 0.5) is 0 Å². The van der Waals surface area contributed by atoms with E-state index in [1.807, 2.05) is 27.5 Å². The largest absolute Gasteiger partial charge is 0.385 e. The van der Waals surface area contributed by atoms with Gasteiger partial charge in [0, 0.05) is 57.0 Å². The van der Waals surface area contributed by atoms with Gasteiger partial charge < -0.3 is 14.5 Å². The molecule has 3 saturated heterocycles. The lowest BCUT2D eigenvalue weighted by molar-refractivity contribution is -0.140. The van der Waals surface area contributed by atoms with Crippen LogP contribution >= 0.6 is 0 Å². The lowest BCUT2D eigenvalue weighted by Crippen LogP contribution is -2.65. The van der Waals surface area contributed by atoms with Gasteiger partial charge in [0.15, 0.2) is 5.69 Å². The van der Waals surface area contributed by atoms with Gasteiger partial charge in [-0.1, -0.05) is 6.92 Å². The molecule has 7 heteroatoms. The summed E-state index contributed by atoms with van der Waals surface area (Å²) in [5.74, 6) is 0.224. The van der Waals surface area contributed by atoms with Gasteiger partial charge in [-0.3, -0.25) is 14.3 Å². The second kappa shape index (κ2) is 9.07. The van der Waals surface area contributed by atoms with Crippen molar-refractivity contribution >= 4 is 11.8 Å². The van der Waals surface area contributed by atoms with E-state index in [-0.39, 0.29) is 29.9 Å². The molecule has 3 aliphatic rings. The summed E-state index contributed by atoms with van der Waals surface area (Å²) >= 11 is 0. The zero-order chi connectivity index (χ0) is 20.3. The Morgan fingerprint density at radius 2 is 1.89 bits per heavy atom. The first-order valence-corrected chi connectivity index (χ1v) is 10.6. The molecule has 2 bridgehead atoms. The zero-order valence-corrected chi connectivity index (χ0v) is 17.7. The maximum absolute atomic E-state index is 13.1. The van der Waals surface area contributed by atoms with Gasteiger partial charge in [-0.15, -0.1) is 0 Å². The number of rotatable bonds is 8. The second-order valence-corrected chi connectivity index (χ2v) is 8.21. The van der Waals surface area contributed by atoms with Crippen molar-refractivity contribution < 1.29 is 14.3 Å². The Balaban J connectivity index is 1.62. The number of carbonyl (C=O) groups excluding carboxylic acids is 2. The number of hydrogen-bond donors (Lipinski definition) is 0. The van der Waals surface area contributed by atoms with Crippen LogP contribution in [-0.2, 0) is 9.53 Å².